The van der Waals surface area contributed by atoms with Gasteiger partial charge in [0.05, 0.1) is 16.9 Å². The van der Waals surface area contributed by atoms with E-state index in [1.54, 1.807) is 6.08 Å². The van der Waals surface area contributed by atoms with Crippen molar-refractivity contribution in [3.63, 3.8) is 0 Å². The molecule has 0 aliphatic carbocycles. The van der Waals surface area contributed by atoms with E-state index in [1.165, 1.54) is 5.56 Å². The van der Waals surface area contributed by atoms with Gasteiger partial charge in [-0.1, -0.05) is 63.5 Å². The van der Waals surface area contributed by atoms with Crippen molar-refractivity contribution in [1.82, 2.24) is 30.8 Å². The number of pyridine rings is 1. The molecule has 0 amide bonds. The number of fused-ring (bicyclic) bond motifs is 1. The van der Waals surface area contributed by atoms with E-state index < -0.39 is 0 Å². The third-order valence-electron chi connectivity index (χ3n) is 7.05. The molecule has 0 radical (unpaired) electrons. The highest BCUT2D eigenvalue weighted by atomic mass is 15.1. The van der Waals surface area contributed by atoms with Crippen molar-refractivity contribution >= 4 is 22.2 Å². The van der Waals surface area contributed by atoms with Gasteiger partial charge in [0.25, 0.3) is 0 Å². The molecule has 0 bridgehead atoms. The molecule has 0 aromatic carbocycles. The Morgan fingerprint density at radius 2 is 1.98 bits per heavy atom. The lowest BCUT2D eigenvalue weighted by Gasteiger charge is -2.14. The van der Waals surface area contributed by atoms with Gasteiger partial charge in [0.15, 0.2) is 0 Å². The van der Waals surface area contributed by atoms with Crippen LogP contribution in [0.15, 0.2) is 97.1 Å². The molecule has 3 aromatic rings. The van der Waals surface area contributed by atoms with Crippen LogP contribution in [0.5, 0.6) is 0 Å². The number of hydrogen-bond acceptors (Lipinski definition) is 4. The molecule has 6 nitrogen and oxygen atoms in total. The second-order valence-electron chi connectivity index (χ2n) is 10.2. The monoisotopic (exact) mass is 532 g/mol. The molecule has 40 heavy (non-hydrogen) atoms. The van der Waals surface area contributed by atoms with E-state index in [9.17, 15) is 0 Å². The Morgan fingerprint density at radius 1 is 1.18 bits per heavy atom. The molecule has 3 aromatic heterocycles. The van der Waals surface area contributed by atoms with E-state index in [1.807, 2.05) is 38.1 Å². The lowest BCUT2D eigenvalue weighted by Crippen LogP contribution is -2.14. The Bertz CT molecular complexity index is 1610. The van der Waals surface area contributed by atoms with Gasteiger partial charge in [-0.15, -0.1) is 0 Å². The molecule has 0 atom stereocenters. The largest absolute Gasteiger partial charge is 0.387 e. The molecular formula is C34H40N6. The average Bonchev–Trinajstić information content (AvgIpc) is 3.51. The number of nitrogens with one attached hydrogen (secondary N) is 4. The molecule has 0 fully saturated rings. The number of aromatic nitrogens is 4. The Labute approximate surface area is 237 Å². The third-order valence-corrected chi connectivity index (χ3v) is 7.05. The summed E-state index contributed by atoms with van der Waals surface area (Å²) in [6, 6.07) is 4.05. The summed E-state index contributed by atoms with van der Waals surface area (Å²) in [6.45, 7) is 21.5. The van der Waals surface area contributed by atoms with Crippen molar-refractivity contribution in [3.8, 4) is 11.4 Å². The van der Waals surface area contributed by atoms with E-state index in [4.69, 9.17) is 10.1 Å². The number of rotatable bonds is 10. The summed E-state index contributed by atoms with van der Waals surface area (Å²) in [7, 11) is 0. The van der Waals surface area contributed by atoms with Gasteiger partial charge in [-0.25, -0.2) is 4.98 Å². The van der Waals surface area contributed by atoms with Crippen LogP contribution in [0, 0.1) is 19.8 Å². The van der Waals surface area contributed by atoms with E-state index in [-0.39, 0.29) is 0 Å². The van der Waals surface area contributed by atoms with Crippen molar-refractivity contribution in [2.75, 3.05) is 6.54 Å². The molecule has 0 unspecified atom stereocenters. The van der Waals surface area contributed by atoms with Crippen LogP contribution in [0.2, 0.25) is 0 Å². The zero-order valence-electron chi connectivity index (χ0n) is 24.4. The number of H-pyrrole nitrogens is 2. The second-order valence-corrected chi connectivity index (χ2v) is 10.2. The van der Waals surface area contributed by atoms with Gasteiger partial charge in [-0.3, -0.25) is 5.10 Å². The Morgan fingerprint density at radius 3 is 2.62 bits per heavy atom. The summed E-state index contributed by atoms with van der Waals surface area (Å²) >= 11 is 0. The fourth-order valence-corrected chi connectivity index (χ4v) is 4.73. The number of hydrogen-bond donors (Lipinski definition) is 4. The van der Waals surface area contributed by atoms with Crippen molar-refractivity contribution < 1.29 is 0 Å². The third kappa shape index (κ3) is 5.86. The van der Waals surface area contributed by atoms with Crippen LogP contribution in [0.3, 0.4) is 0 Å². The van der Waals surface area contributed by atoms with Crippen LogP contribution in [-0.2, 0) is 0 Å². The first-order valence-corrected chi connectivity index (χ1v) is 13.7. The maximum absolute atomic E-state index is 5.08. The van der Waals surface area contributed by atoms with Gasteiger partial charge < -0.3 is 15.6 Å². The van der Waals surface area contributed by atoms with Crippen LogP contribution in [0.4, 0.5) is 0 Å². The van der Waals surface area contributed by atoms with Crippen molar-refractivity contribution in [1.29, 1.82) is 0 Å². The van der Waals surface area contributed by atoms with E-state index in [0.717, 1.165) is 74.0 Å². The van der Waals surface area contributed by atoms with Gasteiger partial charge in [0, 0.05) is 35.4 Å². The predicted octanol–water partition coefficient (Wildman–Crippen LogP) is 7.81. The first-order valence-electron chi connectivity index (χ1n) is 13.7. The number of allylic oxidation sites excluding steroid dienone is 11. The number of dihydropyridines is 1. The molecule has 6 heteroatoms. The Balaban J connectivity index is 1.79. The maximum Gasteiger partial charge on any atom is 0.135 e. The number of aryl methyl sites for hydroxylation is 1. The van der Waals surface area contributed by atoms with Gasteiger partial charge in [-0.05, 0) is 80.2 Å². The average molecular weight is 533 g/mol. The lowest BCUT2D eigenvalue weighted by atomic mass is 9.93. The molecule has 0 spiro atoms. The Hall–Kier alpha value is -4.58. The molecule has 4 N–H and O–H groups in total. The molecule has 1 aliphatic rings. The van der Waals surface area contributed by atoms with Crippen LogP contribution in [-0.4, -0.2) is 26.7 Å². The van der Waals surface area contributed by atoms with Crippen LogP contribution < -0.4 is 10.6 Å². The summed E-state index contributed by atoms with van der Waals surface area (Å²) in [4.78, 5) is 8.70. The van der Waals surface area contributed by atoms with E-state index in [0.29, 0.717) is 5.92 Å². The minimum absolute atomic E-state index is 0.313. The summed E-state index contributed by atoms with van der Waals surface area (Å²) < 4.78 is 0. The first kappa shape index (κ1) is 28.4. The molecule has 206 valence electrons. The number of nitrogens with zero attached hydrogens (tertiary/aromatic N) is 2. The molecule has 1 aliphatic heterocycles. The molecule has 4 rings (SSSR count). The number of aromatic amines is 2. The molecular weight excluding hydrogens is 492 g/mol. The fraction of sp³-hybridized carbons (Fsp3) is 0.235. The highest BCUT2D eigenvalue weighted by Crippen LogP contribution is 2.37. The molecule has 0 saturated heterocycles. The summed E-state index contributed by atoms with van der Waals surface area (Å²) in [5, 5.41) is 14.6. The quantitative estimate of drug-likeness (QED) is 0.201. The smallest absolute Gasteiger partial charge is 0.135 e. The minimum Gasteiger partial charge on any atom is -0.387 e. The Kier molecular flexibility index (Phi) is 8.90. The lowest BCUT2D eigenvalue weighted by molar-refractivity contribution is 0.710. The summed E-state index contributed by atoms with van der Waals surface area (Å²) in [6.07, 6.45) is 18.6. The van der Waals surface area contributed by atoms with Gasteiger partial charge >= 0.3 is 0 Å². The summed E-state index contributed by atoms with van der Waals surface area (Å²) in [5.74, 6) is 0.313. The van der Waals surface area contributed by atoms with Crippen molar-refractivity contribution in [2.24, 2.45) is 5.92 Å². The van der Waals surface area contributed by atoms with Crippen molar-refractivity contribution in [3.05, 3.63) is 120 Å². The van der Waals surface area contributed by atoms with Gasteiger partial charge in [-0.2, -0.15) is 5.10 Å². The zero-order valence-corrected chi connectivity index (χ0v) is 24.4. The van der Waals surface area contributed by atoms with E-state index in [2.05, 4.69) is 98.1 Å². The summed E-state index contributed by atoms with van der Waals surface area (Å²) in [5.41, 5.74) is 12.8. The highest BCUT2D eigenvalue weighted by molar-refractivity contribution is 5.94. The van der Waals surface area contributed by atoms with Gasteiger partial charge in [0.1, 0.15) is 11.2 Å². The van der Waals surface area contributed by atoms with Gasteiger partial charge in [0.2, 0.25) is 0 Å². The molecule has 0 saturated carbocycles. The minimum atomic E-state index is 0.313. The maximum atomic E-state index is 5.08. The molecule has 4 heterocycles. The standard InChI is InChI=1S/C34H40N6/c1-9-12-15-28(26-14-13-18-35-20-26)31-22(6)32(37-24(31)8)34-33-30(39-40-34)17-16-29(38-33)25(10-2)19-27(11-3)36-23(7)21(4)5/h9-17,19-21,35-37H,3,7,18H2,1-2,4-6,8H3,(H,39,40)/b12-9-,25-10+,27-19+,28-15-. The predicted molar refractivity (Wildman–Crippen MR) is 170 cm³/mol. The SMILES string of the molecule is C=C/C(=C\C(=C/C)c1ccc2[nH]nc(-c3[nH]c(C)c(/C(=C\C=C/C)C4=CNCC=C4)c3C)c2n1)NC(=C)C(C)C. The second kappa shape index (κ2) is 12.5. The zero-order chi connectivity index (χ0) is 28.8. The van der Waals surface area contributed by atoms with Crippen LogP contribution >= 0.6 is 0 Å². The van der Waals surface area contributed by atoms with E-state index >= 15 is 0 Å². The first-order chi connectivity index (χ1) is 19.3. The normalized spacial score (nSPS) is 14.7. The van der Waals surface area contributed by atoms with Crippen LogP contribution in [0.25, 0.3) is 33.6 Å². The fourth-order valence-electron chi connectivity index (χ4n) is 4.73. The topological polar surface area (TPSA) is 81.4 Å². The van der Waals surface area contributed by atoms with Crippen LogP contribution in [0.1, 0.15) is 50.2 Å². The highest BCUT2D eigenvalue weighted by Gasteiger charge is 2.22. The van der Waals surface area contributed by atoms with Crippen molar-refractivity contribution in [2.45, 2.75) is 41.5 Å².